The van der Waals surface area contributed by atoms with Crippen LogP contribution < -0.4 is 0 Å². The van der Waals surface area contributed by atoms with Crippen LogP contribution in [0.3, 0.4) is 0 Å². The summed E-state index contributed by atoms with van der Waals surface area (Å²) in [5.74, 6) is 0. The van der Waals surface area contributed by atoms with Crippen LogP contribution in [0, 0.1) is 0 Å². The van der Waals surface area contributed by atoms with Crippen LogP contribution in [0.1, 0.15) is 0 Å². The molecule has 16 N–H and O–H groups in total. The lowest BCUT2D eigenvalue weighted by molar-refractivity contribution is 0.823. The molecule has 67 valence electrons. The van der Waals surface area contributed by atoms with Crippen LogP contribution in [0.2, 0.25) is 0 Å². The van der Waals surface area contributed by atoms with E-state index in [1.165, 1.54) is 0 Å². The quantitative estimate of drug-likeness (QED) is 0.295. The first kappa shape index (κ1) is 8060. The first-order valence-electron chi connectivity index (χ1n) is 0. The van der Waals surface area contributed by atoms with Crippen LogP contribution in [0.25, 0.3) is 0 Å². The highest BCUT2D eigenvalue weighted by atomic mass is 16.0. The molecule has 0 aliphatic heterocycles. The van der Waals surface area contributed by atoms with E-state index in [1.54, 1.807) is 0 Å². The Morgan fingerprint density at radius 2 is 0.222 bits per heavy atom. The molecule has 0 amide bonds. The highest BCUT2D eigenvalue weighted by Crippen LogP contribution is -0.282. The first-order chi connectivity index (χ1) is 0. The average molecular weight is 155 g/mol. The third-order valence-corrected chi connectivity index (χ3v) is 0. The number of hydrogen-bond acceptors (Lipinski definition) is 0. The second kappa shape index (κ2) is 5420. The van der Waals surface area contributed by atoms with Gasteiger partial charge in [0.2, 0.25) is 0 Å². The molecule has 0 saturated heterocycles. The summed E-state index contributed by atoms with van der Waals surface area (Å²) in [5.41, 5.74) is 0. The van der Waals surface area contributed by atoms with E-state index in [0.29, 0.717) is 0 Å². The standard InChI is InChI=1S/B.8H2O/h;8*1H2. The van der Waals surface area contributed by atoms with E-state index >= 15 is 0 Å². The summed E-state index contributed by atoms with van der Waals surface area (Å²) in [6.45, 7) is 0. The molecule has 0 bridgehead atoms. The smallest absolute Gasteiger partial charge is 0 e. The maximum Gasteiger partial charge on any atom is 0 e. The fraction of sp³-hybridized carbons (Fsp3) is 0. The van der Waals surface area contributed by atoms with Crippen molar-refractivity contribution in [3.8, 4) is 0 Å². The highest BCUT2D eigenvalue weighted by Gasteiger charge is 0.0000198. The molecule has 0 aromatic rings. The zero-order chi connectivity index (χ0) is 0. The van der Waals surface area contributed by atoms with Gasteiger partial charge in [0.25, 0.3) is 0 Å². The SMILES string of the molecule is O.O.O.O.O.O.O.O.[B]. The van der Waals surface area contributed by atoms with Gasteiger partial charge in [-0.1, -0.05) is 0 Å². The lowest BCUT2D eigenvalue weighted by Gasteiger charge is -0.413. The fourth-order valence-electron chi connectivity index (χ4n) is 0. The van der Waals surface area contributed by atoms with E-state index < -0.39 is 0 Å². The lowest BCUT2D eigenvalue weighted by Crippen LogP contribution is -0.381. The van der Waals surface area contributed by atoms with Crippen LogP contribution in [0.4, 0.5) is 0 Å². The van der Waals surface area contributed by atoms with E-state index in [0.717, 1.165) is 0 Å². The summed E-state index contributed by atoms with van der Waals surface area (Å²) in [6.07, 6.45) is 0. The molecule has 0 aliphatic carbocycles. The minimum Gasteiger partial charge on any atom is -0.412 e. The Labute approximate surface area is 53.5 Å². The minimum absolute atomic E-state index is 0. The van der Waals surface area contributed by atoms with Gasteiger partial charge in [-0.3, -0.25) is 0 Å². The molecule has 0 heterocycles. The van der Waals surface area contributed by atoms with Gasteiger partial charge in [-0.15, -0.1) is 0 Å². The largest absolute Gasteiger partial charge is 0.412 e. The Hall–Kier alpha value is -0.255. The van der Waals surface area contributed by atoms with Gasteiger partial charge < -0.3 is 43.8 Å². The van der Waals surface area contributed by atoms with Gasteiger partial charge in [-0.2, -0.15) is 0 Å². The predicted molar refractivity (Wildman–Crippen MR) is 34.7 cm³/mol. The maximum atomic E-state index is 0. The lowest BCUT2D eigenvalue weighted by atomic mass is 10.8. The zero-order valence-electron chi connectivity index (χ0n) is 4.58. The third-order valence-electron chi connectivity index (χ3n) is 0. The molecule has 9 heteroatoms. The van der Waals surface area contributed by atoms with Crippen molar-refractivity contribution >= 4 is 8.41 Å². The van der Waals surface area contributed by atoms with Crippen LogP contribution >= 0.6 is 0 Å². The van der Waals surface area contributed by atoms with Crippen LogP contribution in [0.15, 0.2) is 0 Å². The molecule has 0 rings (SSSR count). The van der Waals surface area contributed by atoms with Gasteiger partial charge in [0.15, 0.2) is 0 Å². The van der Waals surface area contributed by atoms with Crippen LogP contribution in [0.5, 0.6) is 0 Å². The van der Waals surface area contributed by atoms with Crippen LogP contribution in [-0.4, -0.2) is 52.2 Å². The summed E-state index contributed by atoms with van der Waals surface area (Å²) in [7, 11) is 0. The summed E-state index contributed by atoms with van der Waals surface area (Å²) in [6, 6.07) is 0. The molecule has 3 radical (unpaired) electrons. The maximum absolute atomic E-state index is 0. The van der Waals surface area contributed by atoms with Crippen molar-refractivity contribution in [2.45, 2.75) is 0 Å². The molecular weight excluding hydrogens is 139 g/mol. The molecule has 0 aromatic heterocycles. The Morgan fingerprint density at radius 3 is 0.222 bits per heavy atom. The summed E-state index contributed by atoms with van der Waals surface area (Å²) in [5, 5.41) is 0. The molecular formula is H16BO8. The fourth-order valence-corrected chi connectivity index (χ4v) is 0. The van der Waals surface area contributed by atoms with Crippen molar-refractivity contribution in [2.75, 3.05) is 0 Å². The van der Waals surface area contributed by atoms with Crippen molar-refractivity contribution < 1.29 is 43.8 Å². The summed E-state index contributed by atoms with van der Waals surface area (Å²) in [4.78, 5) is 0. The molecule has 0 aliphatic rings. The Bertz CT molecular complexity index is 4.53. The highest BCUT2D eigenvalue weighted by molar-refractivity contribution is 5.75. The molecule has 0 spiro atoms. The van der Waals surface area contributed by atoms with Crippen molar-refractivity contribution in [2.24, 2.45) is 0 Å². The molecule has 0 aromatic carbocycles. The predicted octanol–water partition coefficient (Wildman–Crippen LogP) is -6.98. The van der Waals surface area contributed by atoms with Crippen LogP contribution in [-0.2, 0) is 0 Å². The molecule has 0 fully saturated rings. The number of rotatable bonds is 0. The zero-order valence-corrected chi connectivity index (χ0v) is 4.58. The van der Waals surface area contributed by atoms with Crippen molar-refractivity contribution in [1.82, 2.24) is 0 Å². The molecule has 9 heavy (non-hydrogen) atoms. The minimum atomic E-state index is 0. The second-order valence-electron chi connectivity index (χ2n) is 0. The molecule has 0 saturated carbocycles. The Balaban J connectivity index is 0. The Morgan fingerprint density at radius 1 is 0.222 bits per heavy atom. The van der Waals surface area contributed by atoms with Gasteiger partial charge in [-0.25, -0.2) is 0 Å². The molecule has 0 atom stereocenters. The van der Waals surface area contributed by atoms with Gasteiger partial charge in [-0.05, 0) is 0 Å². The van der Waals surface area contributed by atoms with Gasteiger partial charge in [0.1, 0.15) is 0 Å². The summed E-state index contributed by atoms with van der Waals surface area (Å²) >= 11 is 0. The van der Waals surface area contributed by atoms with Gasteiger partial charge in [0, 0.05) is 8.41 Å². The van der Waals surface area contributed by atoms with E-state index in [9.17, 15) is 0 Å². The van der Waals surface area contributed by atoms with Crippen molar-refractivity contribution in [3.05, 3.63) is 0 Å². The van der Waals surface area contributed by atoms with E-state index in [2.05, 4.69) is 0 Å². The van der Waals surface area contributed by atoms with E-state index in [1.807, 2.05) is 0 Å². The van der Waals surface area contributed by atoms with Gasteiger partial charge in [0.05, 0.1) is 0 Å². The topological polar surface area (TPSA) is 252 Å². The second-order valence-corrected chi connectivity index (χ2v) is 0. The summed E-state index contributed by atoms with van der Waals surface area (Å²) < 4.78 is 0. The Kier molecular flexibility index (Phi) is 4850000. The third kappa shape index (κ3) is 3930. The van der Waals surface area contributed by atoms with Crippen molar-refractivity contribution in [3.63, 3.8) is 0 Å². The average Bonchev–Trinajstić information content (AvgIpc) is 0. The number of hydrogen-bond donors (Lipinski definition) is 0. The van der Waals surface area contributed by atoms with E-state index in [-0.39, 0.29) is 52.2 Å². The van der Waals surface area contributed by atoms with Crippen molar-refractivity contribution in [1.29, 1.82) is 0 Å². The van der Waals surface area contributed by atoms with Gasteiger partial charge >= 0.3 is 0 Å². The molecule has 8 nitrogen and oxygen atoms in total. The normalized spacial score (nSPS) is 0. The first-order valence-corrected chi connectivity index (χ1v) is 0. The monoisotopic (exact) mass is 155 g/mol. The van der Waals surface area contributed by atoms with E-state index in [4.69, 9.17) is 0 Å². The molecule has 0 unspecified atom stereocenters.